The first-order chi connectivity index (χ1) is 8.63. The first-order valence-electron chi connectivity index (χ1n) is 5.42. The third kappa shape index (κ3) is 2.61. The maximum Gasteiger partial charge on any atom is 0.322 e. The van der Waals surface area contributed by atoms with Gasteiger partial charge in [-0.2, -0.15) is 15.0 Å². The lowest BCUT2D eigenvalue weighted by Gasteiger charge is -2.15. The standard InChI is InChI=1S/C10H13ClN4O3/c1-17-7(16)6-3-4-15(5-6)9-12-8(11)13-10(14-9)18-2/h6H,3-5H2,1-2H3. The summed E-state index contributed by atoms with van der Waals surface area (Å²) < 4.78 is 9.64. The van der Waals surface area contributed by atoms with Crippen molar-refractivity contribution in [2.45, 2.75) is 6.42 Å². The average molecular weight is 273 g/mol. The summed E-state index contributed by atoms with van der Waals surface area (Å²) in [6, 6.07) is 0.159. The van der Waals surface area contributed by atoms with E-state index in [4.69, 9.17) is 21.1 Å². The molecule has 8 heteroatoms. The lowest BCUT2D eigenvalue weighted by atomic mass is 10.1. The number of hydrogen-bond acceptors (Lipinski definition) is 7. The molecule has 2 heterocycles. The number of halogens is 1. The quantitative estimate of drug-likeness (QED) is 0.743. The zero-order valence-corrected chi connectivity index (χ0v) is 10.8. The normalized spacial score (nSPS) is 18.8. The van der Waals surface area contributed by atoms with Crippen molar-refractivity contribution in [3.05, 3.63) is 5.28 Å². The average Bonchev–Trinajstić information content (AvgIpc) is 2.86. The van der Waals surface area contributed by atoms with Gasteiger partial charge in [0, 0.05) is 13.1 Å². The second kappa shape index (κ2) is 5.34. The molecular weight excluding hydrogens is 260 g/mol. The van der Waals surface area contributed by atoms with Gasteiger partial charge in [-0.25, -0.2) is 0 Å². The molecule has 98 valence electrons. The van der Waals surface area contributed by atoms with E-state index in [1.807, 2.05) is 4.90 Å². The molecule has 1 aromatic heterocycles. The second-order valence-electron chi connectivity index (χ2n) is 3.85. The molecule has 0 bridgehead atoms. The summed E-state index contributed by atoms with van der Waals surface area (Å²) in [6.45, 7) is 1.18. The van der Waals surface area contributed by atoms with Crippen LogP contribution in [0.1, 0.15) is 6.42 Å². The van der Waals surface area contributed by atoms with Crippen molar-refractivity contribution in [1.82, 2.24) is 15.0 Å². The van der Waals surface area contributed by atoms with E-state index < -0.39 is 0 Å². The number of carbonyl (C=O) groups excluding carboxylic acids is 1. The van der Waals surface area contributed by atoms with E-state index in [2.05, 4.69) is 15.0 Å². The van der Waals surface area contributed by atoms with E-state index in [9.17, 15) is 4.79 Å². The highest BCUT2D eigenvalue weighted by Crippen LogP contribution is 2.23. The minimum Gasteiger partial charge on any atom is -0.469 e. The first kappa shape index (κ1) is 12.8. The number of methoxy groups -OCH3 is 2. The molecule has 2 rings (SSSR count). The minimum atomic E-state index is -0.218. The highest BCUT2D eigenvalue weighted by atomic mass is 35.5. The third-order valence-electron chi connectivity index (χ3n) is 2.76. The van der Waals surface area contributed by atoms with E-state index in [-0.39, 0.29) is 23.2 Å². The molecule has 1 fully saturated rings. The zero-order chi connectivity index (χ0) is 13.1. The molecule has 1 saturated heterocycles. The monoisotopic (exact) mass is 272 g/mol. The van der Waals surface area contributed by atoms with Crippen molar-refractivity contribution in [3.8, 4) is 6.01 Å². The summed E-state index contributed by atoms with van der Waals surface area (Å²) in [6.07, 6.45) is 0.707. The predicted molar refractivity (Wildman–Crippen MR) is 63.7 cm³/mol. The molecule has 1 aliphatic heterocycles. The van der Waals surface area contributed by atoms with Gasteiger partial charge in [0.2, 0.25) is 11.2 Å². The SMILES string of the molecule is COC(=O)C1CCN(c2nc(Cl)nc(OC)n2)C1. The molecule has 1 aliphatic rings. The minimum absolute atomic E-state index is 0.0679. The van der Waals surface area contributed by atoms with Crippen LogP contribution in [0.2, 0.25) is 5.28 Å². The summed E-state index contributed by atoms with van der Waals surface area (Å²) in [4.78, 5) is 25.2. The largest absolute Gasteiger partial charge is 0.469 e. The van der Waals surface area contributed by atoms with E-state index in [0.29, 0.717) is 25.5 Å². The van der Waals surface area contributed by atoms with Crippen LogP contribution in [-0.4, -0.2) is 48.2 Å². The molecule has 0 N–H and O–H groups in total. The van der Waals surface area contributed by atoms with Gasteiger partial charge in [0.15, 0.2) is 0 Å². The van der Waals surface area contributed by atoms with Gasteiger partial charge in [-0.3, -0.25) is 4.79 Å². The van der Waals surface area contributed by atoms with Crippen LogP contribution in [0.3, 0.4) is 0 Å². The molecule has 7 nitrogen and oxygen atoms in total. The molecule has 0 aromatic carbocycles. The van der Waals surface area contributed by atoms with E-state index in [1.54, 1.807) is 0 Å². The van der Waals surface area contributed by atoms with Crippen LogP contribution in [0, 0.1) is 5.92 Å². The number of hydrogen-bond donors (Lipinski definition) is 0. The summed E-state index contributed by atoms with van der Waals surface area (Å²) in [7, 11) is 2.84. The molecule has 0 aliphatic carbocycles. The number of carbonyl (C=O) groups is 1. The summed E-state index contributed by atoms with van der Waals surface area (Å²) in [5, 5.41) is 0.0679. The van der Waals surface area contributed by atoms with Gasteiger partial charge in [-0.05, 0) is 18.0 Å². The Hall–Kier alpha value is -1.63. The van der Waals surface area contributed by atoms with Crippen LogP contribution in [0.25, 0.3) is 0 Å². The molecule has 0 radical (unpaired) electrons. The van der Waals surface area contributed by atoms with Crippen molar-refractivity contribution in [3.63, 3.8) is 0 Å². The van der Waals surface area contributed by atoms with Crippen molar-refractivity contribution in [2.24, 2.45) is 5.92 Å². The Balaban J connectivity index is 2.14. The van der Waals surface area contributed by atoms with Crippen molar-refractivity contribution in [2.75, 3.05) is 32.2 Å². The Morgan fingerprint density at radius 2 is 2.17 bits per heavy atom. The fourth-order valence-corrected chi connectivity index (χ4v) is 2.00. The van der Waals surface area contributed by atoms with Gasteiger partial charge >= 0.3 is 12.0 Å². The molecule has 18 heavy (non-hydrogen) atoms. The Kier molecular flexibility index (Phi) is 3.81. The van der Waals surface area contributed by atoms with E-state index in [1.165, 1.54) is 14.2 Å². The lowest BCUT2D eigenvalue weighted by Crippen LogP contribution is -2.25. The highest BCUT2D eigenvalue weighted by Gasteiger charge is 2.30. The van der Waals surface area contributed by atoms with Gasteiger partial charge in [0.1, 0.15) is 0 Å². The van der Waals surface area contributed by atoms with Crippen molar-refractivity contribution in [1.29, 1.82) is 0 Å². The van der Waals surface area contributed by atoms with Crippen molar-refractivity contribution < 1.29 is 14.3 Å². The summed E-state index contributed by atoms with van der Waals surface area (Å²) >= 11 is 5.77. The zero-order valence-electron chi connectivity index (χ0n) is 10.1. The first-order valence-corrected chi connectivity index (χ1v) is 5.80. The Bertz CT molecular complexity index is 457. The number of anilines is 1. The number of rotatable bonds is 3. The van der Waals surface area contributed by atoms with Crippen LogP contribution in [-0.2, 0) is 9.53 Å². The number of aromatic nitrogens is 3. The van der Waals surface area contributed by atoms with Crippen LogP contribution < -0.4 is 9.64 Å². The van der Waals surface area contributed by atoms with Gasteiger partial charge in [0.25, 0.3) is 0 Å². The summed E-state index contributed by atoms with van der Waals surface area (Å²) in [5.41, 5.74) is 0. The van der Waals surface area contributed by atoms with Crippen LogP contribution in [0.5, 0.6) is 6.01 Å². The fourth-order valence-electron chi connectivity index (χ4n) is 1.86. The molecule has 1 atom stereocenters. The van der Waals surface area contributed by atoms with E-state index in [0.717, 1.165) is 0 Å². The molecule has 0 saturated carbocycles. The molecule has 1 aromatic rings. The Labute approximate surface area is 109 Å². The lowest BCUT2D eigenvalue weighted by molar-refractivity contribution is -0.144. The van der Waals surface area contributed by atoms with Gasteiger partial charge in [0.05, 0.1) is 20.1 Å². The Morgan fingerprint density at radius 3 is 2.83 bits per heavy atom. The molecular formula is C10H13ClN4O3. The van der Waals surface area contributed by atoms with Crippen LogP contribution in [0.4, 0.5) is 5.95 Å². The molecule has 0 amide bonds. The number of esters is 1. The maximum atomic E-state index is 11.4. The van der Waals surface area contributed by atoms with Crippen LogP contribution >= 0.6 is 11.6 Å². The van der Waals surface area contributed by atoms with Crippen molar-refractivity contribution >= 4 is 23.5 Å². The Morgan fingerprint density at radius 1 is 1.39 bits per heavy atom. The van der Waals surface area contributed by atoms with E-state index >= 15 is 0 Å². The number of nitrogens with zero attached hydrogens (tertiary/aromatic N) is 4. The number of ether oxygens (including phenoxy) is 2. The molecule has 0 spiro atoms. The van der Waals surface area contributed by atoms with Gasteiger partial charge in [-0.1, -0.05) is 0 Å². The maximum absolute atomic E-state index is 11.4. The van der Waals surface area contributed by atoms with Gasteiger partial charge in [-0.15, -0.1) is 0 Å². The van der Waals surface area contributed by atoms with Gasteiger partial charge < -0.3 is 14.4 Å². The summed E-state index contributed by atoms with van der Waals surface area (Å²) in [5.74, 6) is 0.0411. The smallest absolute Gasteiger partial charge is 0.322 e. The highest BCUT2D eigenvalue weighted by molar-refractivity contribution is 6.28. The fraction of sp³-hybridized carbons (Fsp3) is 0.600. The predicted octanol–water partition coefficient (Wildman–Crippen LogP) is 0.533. The molecule has 1 unspecified atom stereocenters. The third-order valence-corrected chi connectivity index (χ3v) is 2.93. The topological polar surface area (TPSA) is 77.4 Å². The second-order valence-corrected chi connectivity index (χ2v) is 4.18. The van der Waals surface area contributed by atoms with Crippen LogP contribution in [0.15, 0.2) is 0 Å².